The van der Waals surface area contributed by atoms with E-state index >= 15 is 0 Å². The number of carbonyl (C=O) groups excluding carboxylic acids is 1. The second-order valence-corrected chi connectivity index (χ2v) is 7.43. The fourth-order valence-electron chi connectivity index (χ4n) is 2.13. The maximum Gasteiger partial charge on any atom is 0.263 e. The number of amides is 1. The lowest BCUT2D eigenvalue weighted by molar-refractivity contribution is -0.122. The number of amidine groups is 1. The average molecular weight is 351 g/mol. The predicted molar refractivity (Wildman–Crippen MR) is 91.9 cm³/mol. The molecule has 1 atom stereocenters. The summed E-state index contributed by atoms with van der Waals surface area (Å²) in [5, 5.41) is 2.59. The summed E-state index contributed by atoms with van der Waals surface area (Å²) in [5.41, 5.74) is 0.478. The van der Waals surface area contributed by atoms with Crippen LogP contribution >= 0.6 is 11.8 Å². The number of aliphatic imine (C=N–C) groups is 1. The number of carbonyl (C=O) groups is 1. The first-order chi connectivity index (χ1) is 11.0. The number of thioether (sulfide) groups is 1. The van der Waals surface area contributed by atoms with Gasteiger partial charge in [0.15, 0.2) is 0 Å². The molecule has 1 amide bonds. The summed E-state index contributed by atoms with van der Waals surface area (Å²) in [6, 6.07) is 5.85. The number of terminal acetylenes is 1. The van der Waals surface area contributed by atoms with Crippen molar-refractivity contribution in [3.05, 3.63) is 29.8 Å². The molecule has 1 aliphatic rings. The van der Waals surface area contributed by atoms with Crippen LogP contribution in [0.25, 0.3) is 0 Å². The molecule has 2 N–H and O–H groups in total. The van der Waals surface area contributed by atoms with Crippen molar-refractivity contribution in [2.75, 3.05) is 18.6 Å². The molecule has 0 saturated heterocycles. The Balaban J connectivity index is 2.33. The Hall–Kier alpha value is -1.98. The third kappa shape index (κ3) is 4.06. The second-order valence-electron chi connectivity index (χ2n) is 4.80. The fourth-order valence-corrected chi connectivity index (χ4v) is 3.82. The highest BCUT2D eigenvalue weighted by Crippen LogP contribution is 2.23. The maximum absolute atomic E-state index is 12.2. The summed E-state index contributed by atoms with van der Waals surface area (Å²) >= 11 is 1.59. The Labute approximate surface area is 140 Å². The lowest BCUT2D eigenvalue weighted by Gasteiger charge is -2.12. The Bertz CT molecular complexity index is 766. The topological polar surface area (TPSA) is 87.6 Å². The first-order valence-corrected chi connectivity index (χ1v) is 9.77. The van der Waals surface area contributed by atoms with Crippen LogP contribution in [0.5, 0.6) is 0 Å². The van der Waals surface area contributed by atoms with Gasteiger partial charge in [-0.15, -0.1) is 6.42 Å². The Kier molecular flexibility index (Phi) is 5.69. The standard InChI is InChI=1S/C15H17N3O3S2/c1-3-9-16-15(19)12(8-10-22-2)17-14-11-6-4-5-7-13(11)23(20,21)18-14/h1,4-7,12H,8-10H2,2H3,(H,16,19)(H,17,18). The number of rotatable bonds is 6. The van der Waals surface area contributed by atoms with Gasteiger partial charge in [-0.25, -0.2) is 8.42 Å². The lowest BCUT2D eigenvalue weighted by Crippen LogP contribution is -2.36. The zero-order chi connectivity index (χ0) is 16.9. The number of nitrogens with zero attached hydrogens (tertiary/aromatic N) is 1. The summed E-state index contributed by atoms with van der Waals surface area (Å²) in [6.07, 6.45) is 7.56. The highest BCUT2D eigenvalue weighted by atomic mass is 32.2. The molecule has 0 fully saturated rings. The molecule has 1 aromatic rings. The van der Waals surface area contributed by atoms with Gasteiger partial charge in [0.1, 0.15) is 11.9 Å². The van der Waals surface area contributed by atoms with E-state index in [1.54, 1.807) is 30.0 Å². The molecule has 0 spiro atoms. The highest BCUT2D eigenvalue weighted by molar-refractivity contribution is 7.98. The summed E-state index contributed by atoms with van der Waals surface area (Å²) in [5.74, 6) is 2.94. The van der Waals surface area contributed by atoms with E-state index in [2.05, 4.69) is 21.0 Å². The normalized spacial score (nSPS) is 17.8. The molecule has 1 unspecified atom stereocenters. The van der Waals surface area contributed by atoms with Gasteiger partial charge in [-0.2, -0.15) is 11.8 Å². The van der Waals surface area contributed by atoms with Gasteiger partial charge in [-0.1, -0.05) is 18.1 Å². The van der Waals surface area contributed by atoms with Crippen molar-refractivity contribution >= 4 is 33.5 Å². The first kappa shape index (κ1) is 17.4. The third-order valence-electron chi connectivity index (χ3n) is 3.21. The van der Waals surface area contributed by atoms with Gasteiger partial charge in [0.05, 0.1) is 11.4 Å². The second kappa shape index (κ2) is 7.53. The zero-order valence-electron chi connectivity index (χ0n) is 12.6. The van der Waals surface area contributed by atoms with Gasteiger partial charge >= 0.3 is 0 Å². The van der Waals surface area contributed by atoms with Gasteiger partial charge in [0.25, 0.3) is 10.0 Å². The quantitative estimate of drug-likeness (QED) is 0.735. The molecule has 6 nitrogen and oxygen atoms in total. The van der Waals surface area contributed by atoms with Crippen molar-refractivity contribution in [1.82, 2.24) is 10.0 Å². The van der Waals surface area contributed by atoms with Crippen LogP contribution in [0.2, 0.25) is 0 Å². The van der Waals surface area contributed by atoms with Crippen LogP contribution in [0, 0.1) is 12.3 Å². The summed E-state index contributed by atoms with van der Waals surface area (Å²) in [4.78, 5) is 16.7. The van der Waals surface area contributed by atoms with Gasteiger partial charge in [0.2, 0.25) is 5.91 Å². The fraction of sp³-hybridized carbons (Fsp3) is 0.333. The SMILES string of the molecule is C#CCNC(=O)C(CCSC)N=C1NS(=O)(=O)c2ccccc21. The van der Waals surface area contributed by atoms with Crippen molar-refractivity contribution in [3.63, 3.8) is 0 Å². The monoisotopic (exact) mass is 351 g/mol. The summed E-state index contributed by atoms with van der Waals surface area (Å²) in [7, 11) is -3.61. The van der Waals surface area contributed by atoms with E-state index in [4.69, 9.17) is 6.42 Å². The smallest absolute Gasteiger partial charge is 0.263 e. The minimum atomic E-state index is -3.61. The van der Waals surface area contributed by atoms with Gasteiger partial charge in [-0.05, 0) is 30.6 Å². The number of sulfonamides is 1. The van der Waals surface area contributed by atoms with Crippen LogP contribution in [0.4, 0.5) is 0 Å². The predicted octanol–water partition coefficient (Wildman–Crippen LogP) is 0.596. The molecule has 0 bridgehead atoms. The Morgan fingerprint density at radius 2 is 2.22 bits per heavy atom. The molecule has 0 aromatic heterocycles. The molecule has 1 aromatic carbocycles. The highest BCUT2D eigenvalue weighted by Gasteiger charge is 2.31. The van der Waals surface area contributed by atoms with Crippen LogP contribution in [0.1, 0.15) is 12.0 Å². The van der Waals surface area contributed by atoms with Crippen molar-refractivity contribution in [2.45, 2.75) is 17.4 Å². The minimum Gasteiger partial charge on any atom is -0.343 e. The van der Waals surface area contributed by atoms with Gasteiger partial charge in [-0.3, -0.25) is 14.5 Å². The summed E-state index contributed by atoms with van der Waals surface area (Å²) < 4.78 is 26.6. The van der Waals surface area contributed by atoms with Gasteiger partial charge < -0.3 is 5.32 Å². The first-order valence-electron chi connectivity index (χ1n) is 6.89. The van der Waals surface area contributed by atoms with E-state index in [0.29, 0.717) is 12.0 Å². The molecule has 23 heavy (non-hydrogen) atoms. The van der Waals surface area contributed by atoms with Crippen molar-refractivity contribution in [1.29, 1.82) is 0 Å². The number of benzene rings is 1. The van der Waals surface area contributed by atoms with Crippen LogP contribution in [0.15, 0.2) is 34.2 Å². The van der Waals surface area contributed by atoms with E-state index < -0.39 is 16.1 Å². The minimum absolute atomic E-state index is 0.113. The lowest BCUT2D eigenvalue weighted by atomic mass is 10.2. The molecule has 0 radical (unpaired) electrons. The van der Waals surface area contributed by atoms with Gasteiger partial charge in [0, 0.05) is 5.56 Å². The van der Waals surface area contributed by atoms with E-state index in [9.17, 15) is 13.2 Å². The number of hydrogen-bond donors (Lipinski definition) is 2. The summed E-state index contributed by atoms with van der Waals surface area (Å²) in [6.45, 7) is 0.113. The molecule has 2 rings (SSSR count). The van der Waals surface area contributed by atoms with E-state index in [0.717, 1.165) is 5.75 Å². The van der Waals surface area contributed by atoms with Crippen LogP contribution in [-0.2, 0) is 14.8 Å². The third-order valence-corrected chi connectivity index (χ3v) is 5.25. The molecule has 8 heteroatoms. The zero-order valence-corrected chi connectivity index (χ0v) is 14.2. The van der Waals surface area contributed by atoms with Crippen LogP contribution in [0.3, 0.4) is 0 Å². The number of fused-ring (bicyclic) bond motifs is 1. The average Bonchev–Trinajstić information content (AvgIpc) is 2.80. The Morgan fingerprint density at radius 3 is 2.91 bits per heavy atom. The van der Waals surface area contributed by atoms with Crippen LogP contribution in [-0.4, -0.2) is 44.8 Å². The number of hydrogen-bond acceptors (Lipinski definition) is 5. The molecule has 1 heterocycles. The van der Waals surface area contributed by atoms with Crippen LogP contribution < -0.4 is 10.0 Å². The Morgan fingerprint density at radius 1 is 1.48 bits per heavy atom. The number of nitrogens with one attached hydrogen (secondary N) is 2. The maximum atomic E-state index is 12.2. The molecular weight excluding hydrogens is 334 g/mol. The molecular formula is C15H17N3O3S2. The molecule has 1 aliphatic heterocycles. The molecule has 122 valence electrons. The van der Waals surface area contributed by atoms with E-state index in [-0.39, 0.29) is 23.2 Å². The van der Waals surface area contributed by atoms with Crippen molar-refractivity contribution in [3.8, 4) is 12.3 Å². The van der Waals surface area contributed by atoms with E-state index in [1.807, 2.05) is 6.26 Å². The molecule has 0 aliphatic carbocycles. The van der Waals surface area contributed by atoms with E-state index in [1.165, 1.54) is 6.07 Å². The van der Waals surface area contributed by atoms with Crippen molar-refractivity contribution in [2.24, 2.45) is 4.99 Å². The largest absolute Gasteiger partial charge is 0.343 e. The molecule has 0 saturated carbocycles. The van der Waals surface area contributed by atoms with Crippen molar-refractivity contribution < 1.29 is 13.2 Å².